The van der Waals surface area contributed by atoms with Crippen LogP contribution in [0.3, 0.4) is 0 Å². The summed E-state index contributed by atoms with van der Waals surface area (Å²) in [6, 6.07) is 0.347. The first-order valence-corrected chi connectivity index (χ1v) is 4.92. The molecule has 1 aliphatic rings. The summed E-state index contributed by atoms with van der Waals surface area (Å²) in [5.74, 6) is 0. The number of rotatable bonds is 2. The molecule has 1 aliphatic carbocycles. The van der Waals surface area contributed by atoms with Gasteiger partial charge in [0.25, 0.3) is 0 Å². The fourth-order valence-electron chi connectivity index (χ4n) is 1.57. The van der Waals surface area contributed by atoms with Gasteiger partial charge in [-0.3, -0.25) is 0 Å². The molecule has 0 heterocycles. The normalized spacial score (nSPS) is 24.3. The second-order valence-electron chi connectivity index (χ2n) is 5.09. The van der Waals surface area contributed by atoms with E-state index in [0.717, 1.165) is 0 Å². The van der Waals surface area contributed by atoms with Crippen molar-refractivity contribution in [1.82, 2.24) is 0 Å². The van der Waals surface area contributed by atoms with Crippen molar-refractivity contribution in [2.24, 2.45) is 11.1 Å². The number of hydrogen-bond acceptors (Lipinski definition) is 1. The molecule has 0 saturated heterocycles. The Balaban J connectivity index is 2.29. The molecule has 0 bridgehead atoms. The Morgan fingerprint density at radius 1 is 1.50 bits per heavy atom. The fourth-order valence-corrected chi connectivity index (χ4v) is 1.57. The molecule has 2 N–H and O–H groups in total. The van der Waals surface area contributed by atoms with E-state index in [1.807, 2.05) is 0 Å². The number of nitrogens with two attached hydrogens (primary N) is 1. The van der Waals surface area contributed by atoms with Crippen molar-refractivity contribution < 1.29 is 0 Å². The van der Waals surface area contributed by atoms with E-state index >= 15 is 0 Å². The number of hydrogen-bond donors (Lipinski definition) is 1. The van der Waals surface area contributed by atoms with Crippen LogP contribution in [0.15, 0.2) is 11.6 Å². The molecule has 1 nitrogen and oxygen atoms in total. The van der Waals surface area contributed by atoms with Gasteiger partial charge in [-0.25, -0.2) is 0 Å². The van der Waals surface area contributed by atoms with Gasteiger partial charge < -0.3 is 5.73 Å². The lowest BCUT2D eigenvalue weighted by molar-refractivity contribution is 0.376. The van der Waals surface area contributed by atoms with Gasteiger partial charge in [-0.1, -0.05) is 32.4 Å². The monoisotopic (exact) mass is 167 g/mol. The maximum Gasteiger partial charge on any atom is 0.0229 e. The Bertz CT molecular complexity index is 174. The van der Waals surface area contributed by atoms with Crippen molar-refractivity contribution >= 4 is 0 Å². The van der Waals surface area contributed by atoms with Crippen molar-refractivity contribution in [3.63, 3.8) is 0 Å². The van der Waals surface area contributed by atoms with E-state index in [2.05, 4.69) is 26.8 Å². The molecule has 0 aromatic rings. The van der Waals surface area contributed by atoms with E-state index in [1.54, 1.807) is 5.57 Å². The van der Waals surface area contributed by atoms with Crippen LogP contribution in [0.2, 0.25) is 0 Å². The minimum atomic E-state index is 0.347. The molecular formula is C11H21N. The SMILES string of the molecule is CC(C)(C)CCC1=CC(N)CC1. The van der Waals surface area contributed by atoms with Crippen molar-refractivity contribution in [2.45, 2.75) is 52.5 Å². The van der Waals surface area contributed by atoms with Crippen LogP contribution in [0.25, 0.3) is 0 Å². The standard InChI is InChI=1S/C11H21N/c1-11(2,3)7-6-9-4-5-10(12)8-9/h8,10H,4-7,12H2,1-3H3. The lowest BCUT2D eigenvalue weighted by atomic mass is 9.88. The molecule has 0 aromatic carbocycles. The van der Waals surface area contributed by atoms with Gasteiger partial charge in [-0.15, -0.1) is 0 Å². The van der Waals surface area contributed by atoms with Crippen LogP contribution in [-0.4, -0.2) is 6.04 Å². The van der Waals surface area contributed by atoms with Gasteiger partial charge in [0, 0.05) is 6.04 Å². The Labute approximate surface area is 76.0 Å². The van der Waals surface area contributed by atoms with Gasteiger partial charge >= 0.3 is 0 Å². The maximum absolute atomic E-state index is 5.79. The first-order chi connectivity index (χ1) is 5.47. The zero-order chi connectivity index (χ0) is 9.19. The lowest BCUT2D eigenvalue weighted by Gasteiger charge is -2.17. The summed E-state index contributed by atoms with van der Waals surface area (Å²) >= 11 is 0. The van der Waals surface area contributed by atoms with Crippen LogP contribution in [0.5, 0.6) is 0 Å². The van der Waals surface area contributed by atoms with E-state index in [4.69, 9.17) is 5.73 Å². The number of allylic oxidation sites excluding steroid dienone is 1. The smallest absolute Gasteiger partial charge is 0.0229 e. The largest absolute Gasteiger partial charge is 0.324 e. The molecule has 0 spiro atoms. The summed E-state index contributed by atoms with van der Waals surface area (Å²) in [5, 5.41) is 0. The summed E-state index contributed by atoms with van der Waals surface area (Å²) in [6.07, 6.45) is 7.19. The quantitative estimate of drug-likeness (QED) is 0.629. The first kappa shape index (κ1) is 9.79. The van der Waals surface area contributed by atoms with Crippen molar-refractivity contribution in [3.8, 4) is 0 Å². The third-order valence-corrected chi connectivity index (χ3v) is 2.44. The molecule has 0 radical (unpaired) electrons. The van der Waals surface area contributed by atoms with E-state index in [9.17, 15) is 0 Å². The molecule has 1 atom stereocenters. The van der Waals surface area contributed by atoms with Crippen LogP contribution in [-0.2, 0) is 0 Å². The van der Waals surface area contributed by atoms with E-state index in [-0.39, 0.29) is 0 Å². The molecule has 0 fully saturated rings. The summed E-state index contributed by atoms with van der Waals surface area (Å²) in [6.45, 7) is 6.88. The average Bonchev–Trinajstić information content (AvgIpc) is 2.30. The predicted molar refractivity (Wildman–Crippen MR) is 54.0 cm³/mol. The molecule has 1 rings (SSSR count). The fraction of sp³-hybridized carbons (Fsp3) is 0.818. The summed E-state index contributed by atoms with van der Waals surface area (Å²) in [5.41, 5.74) is 7.83. The topological polar surface area (TPSA) is 26.0 Å². The third-order valence-electron chi connectivity index (χ3n) is 2.44. The highest BCUT2D eigenvalue weighted by Gasteiger charge is 2.15. The highest BCUT2D eigenvalue weighted by molar-refractivity contribution is 5.13. The molecule has 0 aromatic heterocycles. The van der Waals surface area contributed by atoms with Crippen LogP contribution in [0.4, 0.5) is 0 Å². The Morgan fingerprint density at radius 2 is 2.17 bits per heavy atom. The molecule has 12 heavy (non-hydrogen) atoms. The average molecular weight is 167 g/mol. The van der Waals surface area contributed by atoms with Crippen molar-refractivity contribution in [3.05, 3.63) is 11.6 Å². The van der Waals surface area contributed by atoms with Crippen LogP contribution in [0.1, 0.15) is 46.5 Å². The third kappa shape index (κ3) is 3.40. The van der Waals surface area contributed by atoms with E-state index < -0.39 is 0 Å². The van der Waals surface area contributed by atoms with Crippen LogP contribution >= 0.6 is 0 Å². The molecule has 0 aliphatic heterocycles. The summed E-state index contributed by atoms with van der Waals surface area (Å²) in [7, 11) is 0. The molecule has 0 amide bonds. The van der Waals surface area contributed by atoms with E-state index in [1.165, 1.54) is 25.7 Å². The minimum absolute atomic E-state index is 0.347. The second kappa shape index (κ2) is 3.61. The zero-order valence-electron chi connectivity index (χ0n) is 8.56. The van der Waals surface area contributed by atoms with Gasteiger partial charge in [0.2, 0.25) is 0 Å². The summed E-state index contributed by atoms with van der Waals surface area (Å²) < 4.78 is 0. The Morgan fingerprint density at radius 3 is 2.58 bits per heavy atom. The van der Waals surface area contributed by atoms with Crippen molar-refractivity contribution in [2.75, 3.05) is 0 Å². The second-order valence-corrected chi connectivity index (χ2v) is 5.09. The summed E-state index contributed by atoms with van der Waals surface area (Å²) in [4.78, 5) is 0. The first-order valence-electron chi connectivity index (χ1n) is 4.92. The van der Waals surface area contributed by atoms with Crippen molar-refractivity contribution in [1.29, 1.82) is 0 Å². The highest BCUT2D eigenvalue weighted by Crippen LogP contribution is 2.28. The molecule has 0 saturated carbocycles. The molecular weight excluding hydrogens is 146 g/mol. The molecule has 1 heteroatoms. The zero-order valence-corrected chi connectivity index (χ0v) is 8.56. The molecule has 1 unspecified atom stereocenters. The molecule has 70 valence electrons. The van der Waals surface area contributed by atoms with Gasteiger partial charge in [0.05, 0.1) is 0 Å². The lowest BCUT2D eigenvalue weighted by Crippen LogP contribution is -2.11. The van der Waals surface area contributed by atoms with Crippen LogP contribution < -0.4 is 5.73 Å². The Hall–Kier alpha value is -0.300. The maximum atomic E-state index is 5.79. The van der Waals surface area contributed by atoms with Gasteiger partial charge in [0.1, 0.15) is 0 Å². The Kier molecular flexibility index (Phi) is 2.94. The van der Waals surface area contributed by atoms with Crippen LogP contribution in [0, 0.1) is 5.41 Å². The van der Waals surface area contributed by atoms with Gasteiger partial charge in [-0.05, 0) is 31.1 Å². The van der Waals surface area contributed by atoms with Gasteiger partial charge in [-0.2, -0.15) is 0 Å². The van der Waals surface area contributed by atoms with E-state index in [0.29, 0.717) is 11.5 Å². The van der Waals surface area contributed by atoms with Gasteiger partial charge in [0.15, 0.2) is 0 Å². The predicted octanol–water partition coefficient (Wildman–Crippen LogP) is 2.86. The minimum Gasteiger partial charge on any atom is -0.324 e. The highest BCUT2D eigenvalue weighted by atomic mass is 14.6.